The van der Waals surface area contributed by atoms with Gasteiger partial charge < -0.3 is 10.2 Å². The topological polar surface area (TPSA) is 32.3 Å². The Bertz CT molecular complexity index is 403. The fourth-order valence-corrected chi connectivity index (χ4v) is 2.21. The van der Waals surface area contributed by atoms with Crippen LogP contribution in [0.2, 0.25) is 0 Å². The van der Waals surface area contributed by atoms with E-state index in [9.17, 15) is 9.18 Å². The number of amides is 1. The van der Waals surface area contributed by atoms with Gasteiger partial charge in [-0.2, -0.15) is 0 Å². The van der Waals surface area contributed by atoms with Gasteiger partial charge in [0.1, 0.15) is 5.82 Å². The minimum absolute atomic E-state index is 0.165. The van der Waals surface area contributed by atoms with Crippen molar-refractivity contribution in [3.8, 4) is 0 Å². The van der Waals surface area contributed by atoms with Crippen molar-refractivity contribution < 1.29 is 9.18 Å². The van der Waals surface area contributed by atoms with Gasteiger partial charge in [0.2, 0.25) is 5.91 Å². The predicted octanol–water partition coefficient (Wildman–Crippen LogP) is 2.64. The van der Waals surface area contributed by atoms with Crippen LogP contribution in [-0.2, 0) is 4.79 Å². The van der Waals surface area contributed by atoms with Gasteiger partial charge in [-0.1, -0.05) is 12.1 Å². The fourth-order valence-electron chi connectivity index (χ4n) is 2.21. The lowest BCUT2D eigenvalue weighted by Crippen LogP contribution is -2.36. The van der Waals surface area contributed by atoms with E-state index in [1.807, 2.05) is 4.90 Å². The Hall–Kier alpha value is -1.58. The van der Waals surface area contributed by atoms with Crippen LogP contribution in [0.4, 0.5) is 10.1 Å². The van der Waals surface area contributed by atoms with E-state index in [4.69, 9.17) is 0 Å². The molecule has 1 aromatic carbocycles. The Morgan fingerprint density at radius 3 is 2.67 bits per heavy atom. The summed E-state index contributed by atoms with van der Waals surface area (Å²) in [7, 11) is 0. The van der Waals surface area contributed by atoms with E-state index < -0.39 is 0 Å². The van der Waals surface area contributed by atoms with Gasteiger partial charge in [-0.25, -0.2) is 4.39 Å². The largest absolute Gasteiger partial charge is 0.382 e. The SMILES string of the molecule is O=C(CCNc1ccccc1F)N1CCCCC1. The molecule has 0 aliphatic carbocycles. The van der Waals surface area contributed by atoms with E-state index in [1.165, 1.54) is 12.5 Å². The van der Waals surface area contributed by atoms with Crippen LogP contribution in [0.15, 0.2) is 24.3 Å². The smallest absolute Gasteiger partial charge is 0.224 e. The molecule has 1 fully saturated rings. The number of likely N-dealkylation sites (tertiary alicyclic amines) is 1. The number of anilines is 1. The lowest BCUT2D eigenvalue weighted by molar-refractivity contribution is -0.131. The first-order valence-corrected chi connectivity index (χ1v) is 6.53. The normalized spacial score (nSPS) is 15.5. The summed E-state index contributed by atoms with van der Waals surface area (Å²) in [6, 6.07) is 6.52. The first-order chi connectivity index (χ1) is 8.77. The number of halogens is 1. The predicted molar refractivity (Wildman–Crippen MR) is 69.9 cm³/mol. The zero-order chi connectivity index (χ0) is 12.8. The summed E-state index contributed by atoms with van der Waals surface area (Å²) in [5.74, 6) is -0.110. The molecular formula is C14H19FN2O. The number of nitrogens with one attached hydrogen (secondary N) is 1. The van der Waals surface area contributed by atoms with E-state index in [0.717, 1.165) is 25.9 Å². The third-order valence-corrected chi connectivity index (χ3v) is 3.24. The van der Waals surface area contributed by atoms with Gasteiger partial charge >= 0.3 is 0 Å². The summed E-state index contributed by atoms with van der Waals surface area (Å²) in [6.07, 6.45) is 3.85. The highest BCUT2D eigenvalue weighted by atomic mass is 19.1. The average molecular weight is 250 g/mol. The molecule has 18 heavy (non-hydrogen) atoms. The van der Waals surface area contributed by atoms with Crippen molar-refractivity contribution in [1.82, 2.24) is 4.90 Å². The van der Waals surface area contributed by atoms with E-state index in [0.29, 0.717) is 18.7 Å². The maximum absolute atomic E-state index is 13.3. The molecule has 4 heteroatoms. The van der Waals surface area contributed by atoms with Crippen molar-refractivity contribution >= 4 is 11.6 Å². The molecule has 1 aliphatic heterocycles. The summed E-state index contributed by atoms with van der Waals surface area (Å²) in [5, 5.41) is 2.96. The highest BCUT2D eigenvalue weighted by Crippen LogP contribution is 2.13. The molecule has 1 saturated heterocycles. The van der Waals surface area contributed by atoms with Crippen LogP contribution in [-0.4, -0.2) is 30.4 Å². The third-order valence-electron chi connectivity index (χ3n) is 3.24. The molecule has 2 rings (SSSR count). The van der Waals surface area contributed by atoms with Crippen LogP contribution in [0, 0.1) is 5.82 Å². The van der Waals surface area contributed by atoms with Crippen LogP contribution in [0.1, 0.15) is 25.7 Å². The summed E-state index contributed by atoms with van der Waals surface area (Å²) in [6.45, 7) is 2.23. The molecule has 0 atom stereocenters. The lowest BCUT2D eigenvalue weighted by Gasteiger charge is -2.26. The first-order valence-electron chi connectivity index (χ1n) is 6.53. The van der Waals surface area contributed by atoms with Gasteiger partial charge in [-0.3, -0.25) is 4.79 Å². The highest BCUT2D eigenvalue weighted by molar-refractivity contribution is 5.76. The Labute approximate surface area is 107 Å². The molecule has 0 spiro atoms. The summed E-state index contributed by atoms with van der Waals surface area (Å²) in [4.78, 5) is 13.8. The second-order valence-electron chi connectivity index (χ2n) is 4.60. The number of hydrogen-bond donors (Lipinski definition) is 1. The Kier molecular flexibility index (Phi) is 4.56. The van der Waals surface area contributed by atoms with Crippen LogP contribution in [0.25, 0.3) is 0 Å². The van der Waals surface area contributed by atoms with E-state index in [2.05, 4.69) is 5.32 Å². The summed E-state index contributed by atoms with van der Waals surface area (Å²) < 4.78 is 13.3. The maximum atomic E-state index is 13.3. The molecule has 1 aliphatic rings. The molecule has 0 unspecified atom stereocenters. The number of carbonyl (C=O) groups is 1. The lowest BCUT2D eigenvalue weighted by atomic mass is 10.1. The minimum Gasteiger partial charge on any atom is -0.382 e. The molecule has 1 amide bonds. The third kappa shape index (κ3) is 3.45. The zero-order valence-electron chi connectivity index (χ0n) is 10.5. The molecule has 98 valence electrons. The Morgan fingerprint density at radius 2 is 1.94 bits per heavy atom. The summed E-state index contributed by atoms with van der Waals surface area (Å²) >= 11 is 0. The molecule has 1 aromatic rings. The number of hydrogen-bond acceptors (Lipinski definition) is 2. The number of piperidine rings is 1. The maximum Gasteiger partial charge on any atom is 0.224 e. The van der Waals surface area contributed by atoms with E-state index in [-0.39, 0.29) is 11.7 Å². The van der Waals surface area contributed by atoms with Crippen molar-refractivity contribution in [3.63, 3.8) is 0 Å². The van der Waals surface area contributed by atoms with Gasteiger partial charge in [0.05, 0.1) is 5.69 Å². The number of nitrogens with zero attached hydrogens (tertiary/aromatic N) is 1. The highest BCUT2D eigenvalue weighted by Gasteiger charge is 2.15. The van der Waals surface area contributed by atoms with E-state index in [1.54, 1.807) is 18.2 Å². The van der Waals surface area contributed by atoms with Gasteiger partial charge in [0.15, 0.2) is 0 Å². The molecular weight excluding hydrogens is 231 g/mol. The zero-order valence-corrected chi connectivity index (χ0v) is 10.5. The number of carbonyl (C=O) groups excluding carboxylic acids is 1. The number of rotatable bonds is 4. The number of benzene rings is 1. The molecule has 1 heterocycles. The van der Waals surface area contributed by atoms with Crippen LogP contribution < -0.4 is 5.32 Å². The van der Waals surface area contributed by atoms with Crippen LogP contribution >= 0.6 is 0 Å². The Morgan fingerprint density at radius 1 is 1.22 bits per heavy atom. The van der Waals surface area contributed by atoms with Crippen LogP contribution in [0.5, 0.6) is 0 Å². The molecule has 0 bridgehead atoms. The van der Waals surface area contributed by atoms with Gasteiger partial charge in [0.25, 0.3) is 0 Å². The standard InChI is InChI=1S/C14H19FN2O/c15-12-6-2-3-7-13(12)16-9-8-14(18)17-10-4-1-5-11-17/h2-3,6-7,16H,1,4-5,8-11H2. The summed E-state index contributed by atoms with van der Waals surface area (Å²) in [5.41, 5.74) is 0.462. The fraction of sp³-hybridized carbons (Fsp3) is 0.500. The Balaban J connectivity index is 1.75. The average Bonchev–Trinajstić information content (AvgIpc) is 2.42. The second kappa shape index (κ2) is 6.38. The molecule has 3 nitrogen and oxygen atoms in total. The quantitative estimate of drug-likeness (QED) is 0.891. The van der Waals surface area contributed by atoms with Crippen molar-refractivity contribution in [2.45, 2.75) is 25.7 Å². The van der Waals surface area contributed by atoms with Crippen LogP contribution in [0.3, 0.4) is 0 Å². The van der Waals surface area contributed by atoms with Gasteiger partial charge in [0, 0.05) is 26.1 Å². The van der Waals surface area contributed by atoms with Crippen molar-refractivity contribution in [1.29, 1.82) is 0 Å². The molecule has 0 aromatic heterocycles. The van der Waals surface area contributed by atoms with Crippen molar-refractivity contribution in [3.05, 3.63) is 30.1 Å². The van der Waals surface area contributed by atoms with Gasteiger partial charge in [-0.15, -0.1) is 0 Å². The van der Waals surface area contributed by atoms with Crippen molar-refractivity contribution in [2.24, 2.45) is 0 Å². The monoisotopic (exact) mass is 250 g/mol. The second-order valence-corrected chi connectivity index (χ2v) is 4.60. The van der Waals surface area contributed by atoms with Gasteiger partial charge in [-0.05, 0) is 31.4 Å². The first kappa shape index (κ1) is 12.9. The van der Waals surface area contributed by atoms with E-state index >= 15 is 0 Å². The molecule has 0 saturated carbocycles. The molecule has 1 N–H and O–H groups in total. The minimum atomic E-state index is -0.275. The number of para-hydroxylation sites is 1. The molecule has 0 radical (unpaired) electrons. The van der Waals surface area contributed by atoms with Crippen molar-refractivity contribution in [2.75, 3.05) is 25.0 Å².